The Hall–Kier alpha value is -2.99. The molecule has 152 valence electrons. The summed E-state index contributed by atoms with van der Waals surface area (Å²) in [5.74, 6) is -0.332. The van der Waals surface area contributed by atoms with Crippen molar-refractivity contribution >= 4 is 11.8 Å². The van der Waals surface area contributed by atoms with Crippen LogP contribution in [0.25, 0.3) is 11.1 Å². The average molecular weight is 393 g/mol. The molecule has 0 aliphatic carbocycles. The molecule has 1 aliphatic heterocycles. The maximum absolute atomic E-state index is 13.1. The molecule has 0 radical (unpaired) electrons. The molecule has 0 N–H and O–H groups in total. The number of carbonyl (C=O) groups excluding carboxylic acids is 2. The molecule has 6 nitrogen and oxygen atoms in total. The number of hydrogen-bond donors (Lipinski definition) is 0. The number of pyridine rings is 1. The summed E-state index contributed by atoms with van der Waals surface area (Å²) in [6.07, 6.45) is 5.87. The molecule has 1 fully saturated rings. The number of nitrogens with zero attached hydrogens (tertiary/aromatic N) is 3. The van der Waals surface area contributed by atoms with Crippen molar-refractivity contribution in [2.24, 2.45) is 5.92 Å². The number of rotatable bonds is 7. The summed E-state index contributed by atoms with van der Waals surface area (Å²) in [6.45, 7) is 5.68. The number of aromatic nitrogens is 1. The fourth-order valence-electron chi connectivity index (χ4n) is 3.67. The lowest BCUT2D eigenvalue weighted by Gasteiger charge is -2.23. The Bertz CT molecular complexity index is 853. The van der Waals surface area contributed by atoms with Crippen LogP contribution in [0.1, 0.15) is 5.56 Å². The van der Waals surface area contributed by atoms with Crippen LogP contribution in [0.2, 0.25) is 0 Å². The Labute approximate surface area is 171 Å². The first-order valence-electron chi connectivity index (χ1n) is 9.78. The van der Waals surface area contributed by atoms with Gasteiger partial charge >= 0.3 is 0 Å². The molecular formula is C23H27N3O3. The van der Waals surface area contributed by atoms with Gasteiger partial charge in [-0.15, -0.1) is 6.58 Å². The molecule has 2 amide bonds. The van der Waals surface area contributed by atoms with Gasteiger partial charge in [-0.25, -0.2) is 0 Å². The number of amides is 2. The van der Waals surface area contributed by atoms with E-state index in [4.69, 9.17) is 4.74 Å². The van der Waals surface area contributed by atoms with Gasteiger partial charge in [-0.2, -0.15) is 0 Å². The van der Waals surface area contributed by atoms with Crippen LogP contribution in [-0.2, 0) is 20.7 Å². The Morgan fingerprint density at radius 3 is 2.83 bits per heavy atom. The molecule has 1 atom stereocenters. The standard InChI is InChI=1S/C23H27N3O3/c1-3-10-25-11-12-26(22(27)17-29-2)16-21(23(25)28)14-18-6-4-7-19(13-18)20-8-5-9-24-15-20/h3-9,13,15,21H,1,10-12,14,16-17H2,2H3/t21-/m0/s1. The molecule has 6 heteroatoms. The highest BCUT2D eigenvalue weighted by atomic mass is 16.5. The number of carbonyl (C=O) groups is 2. The lowest BCUT2D eigenvalue weighted by atomic mass is 9.95. The summed E-state index contributed by atoms with van der Waals surface area (Å²) in [6, 6.07) is 12.1. The lowest BCUT2D eigenvalue weighted by Crippen LogP contribution is -2.39. The van der Waals surface area contributed by atoms with Crippen LogP contribution < -0.4 is 0 Å². The first kappa shape index (κ1) is 20.7. The molecule has 0 spiro atoms. The molecule has 3 rings (SSSR count). The van der Waals surface area contributed by atoms with E-state index < -0.39 is 0 Å². The van der Waals surface area contributed by atoms with Crippen LogP contribution in [-0.4, -0.2) is 66.5 Å². The third-order valence-corrected chi connectivity index (χ3v) is 5.12. The molecule has 1 saturated heterocycles. The first-order chi connectivity index (χ1) is 14.1. The molecule has 0 saturated carbocycles. The lowest BCUT2D eigenvalue weighted by molar-refractivity contribution is -0.136. The van der Waals surface area contributed by atoms with Gasteiger partial charge in [0.1, 0.15) is 6.61 Å². The second-order valence-electron chi connectivity index (χ2n) is 7.19. The third kappa shape index (κ3) is 5.29. The molecule has 2 aromatic rings. The molecular weight excluding hydrogens is 366 g/mol. The van der Waals surface area contributed by atoms with Crippen molar-refractivity contribution in [2.75, 3.05) is 39.9 Å². The van der Waals surface area contributed by atoms with Crippen LogP contribution in [0.15, 0.2) is 61.4 Å². The van der Waals surface area contributed by atoms with Crippen LogP contribution in [0, 0.1) is 5.92 Å². The van der Waals surface area contributed by atoms with Crippen molar-refractivity contribution in [3.05, 3.63) is 67.0 Å². The van der Waals surface area contributed by atoms with Crippen molar-refractivity contribution in [1.29, 1.82) is 0 Å². The number of ether oxygens (including phenoxy) is 1. The summed E-state index contributed by atoms with van der Waals surface area (Å²) in [4.78, 5) is 33.2. The second-order valence-corrected chi connectivity index (χ2v) is 7.19. The second kappa shape index (κ2) is 9.98. The zero-order valence-electron chi connectivity index (χ0n) is 16.8. The zero-order valence-corrected chi connectivity index (χ0v) is 16.8. The van der Waals surface area contributed by atoms with E-state index in [1.54, 1.807) is 22.1 Å². The summed E-state index contributed by atoms with van der Waals surface area (Å²) in [5, 5.41) is 0. The van der Waals surface area contributed by atoms with E-state index in [1.807, 2.05) is 36.5 Å². The van der Waals surface area contributed by atoms with Crippen LogP contribution in [0.5, 0.6) is 0 Å². The minimum Gasteiger partial charge on any atom is -0.375 e. The highest BCUT2D eigenvalue weighted by molar-refractivity contribution is 5.83. The molecule has 0 bridgehead atoms. The number of methoxy groups -OCH3 is 1. The van der Waals surface area contributed by atoms with E-state index in [1.165, 1.54) is 7.11 Å². The van der Waals surface area contributed by atoms with Gasteiger partial charge in [0, 0.05) is 45.7 Å². The zero-order chi connectivity index (χ0) is 20.6. The van der Waals surface area contributed by atoms with Crippen LogP contribution >= 0.6 is 0 Å². The van der Waals surface area contributed by atoms with E-state index in [-0.39, 0.29) is 24.3 Å². The highest BCUT2D eigenvalue weighted by Gasteiger charge is 2.31. The molecule has 2 heterocycles. The summed E-state index contributed by atoms with van der Waals surface area (Å²) in [5.41, 5.74) is 3.16. The first-order valence-corrected chi connectivity index (χ1v) is 9.78. The van der Waals surface area contributed by atoms with Gasteiger partial charge in [-0.05, 0) is 29.2 Å². The van der Waals surface area contributed by atoms with E-state index >= 15 is 0 Å². The predicted molar refractivity (Wildman–Crippen MR) is 112 cm³/mol. The normalized spacial score (nSPS) is 17.1. The Morgan fingerprint density at radius 2 is 2.10 bits per heavy atom. The van der Waals surface area contributed by atoms with Crippen molar-refractivity contribution < 1.29 is 14.3 Å². The average Bonchev–Trinajstić information content (AvgIpc) is 2.89. The molecule has 29 heavy (non-hydrogen) atoms. The SMILES string of the molecule is C=CCN1CCN(C(=O)COC)C[C@H](Cc2cccc(-c3cccnc3)c2)C1=O. The monoisotopic (exact) mass is 393 g/mol. The van der Waals surface area contributed by atoms with Crippen molar-refractivity contribution in [3.8, 4) is 11.1 Å². The van der Waals surface area contributed by atoms with Crippen LogP contribution in [0.4, 0.5) is 0 Å². The maximum atomic E-state index is 13.1. The molecule has 0 unspecified atom stereocenters. The quantitative estimate of drug-likeness (QED) is 0.678. The van der Waals surface area contributed by atoms with Crippen molar-refractivity contribution in [2.45, 2.75) is 6.42 Å². The fourth-order valence-corrected chi connectivity index (χ4v) is 3.67. The molecule has 1 aliphatic rings. The van der Waals surface area contributed by atoms with Crippen LogP contribution in [0.3, 0.4) is 0 Å². The Morgan fingerprint density at radius 1 is 1.28 bits per heavy atom. The van der Waals surface area contributed by atoms with Gasteiger partial charge in [-0.3, -0.25) is 14.6 Å². The fraction of sp³-hybridized carbons (Fsp3) is 0.348. The van der Waals surface area contributed by atoms with Crippen molar-refractivity contribution in [3.63, 3.8) is 0 Å². The summed E-state index contributed by atoms with van der Waals surface area (Å²) >= 11 is 0. The van der Waals surface area contributed by atoms with E-state index in [2.05, 4.69) is 17.6 Å². The predicted octanol–water partition coefficient (Wildman–Crippen LogP) is 2.41. The van der Waals surface area contributed by atoms with E-state index in [9.17, 15) is 9.59 Å². The Kier molecular flexibility index (Phi) is 7.14. The topological polar surface area (TPSA) is 62.7 Å². The molecule has 1 aromatic heterocycles. The van der Waals surface area contributed by atoms with Gasteiger partial charge < -0.3 is 14.5 Å². The van der Waals surface area contributed by atoms with E-state index in [0.717, 1.165) is 16.7 Å². The van der Waals surface area contributed by atoms with Gasteiger partial charge in [0.05, 0.1) is 5.92 Å². The summed E-state index contributed by atoms with van der Waals surface area (Å²) in [7, 11) is 1.51. The van der Waals surface area contributed by atoms with Gasteiger partial charge in [-0.1, -0.05) is 36.4 Å². The smallest absolute Gasteiger partial charge is 0.248 e. The Balaban J connectivity index is 1.83. The van der Waals surface area contributed by atoms with Gasteiger partial charge in [0.25, 0.3) is 0 Å². The summed E-state index contributed by atoms with van der Waals surface area (Å²) < 4.78 is 5.01. The maximum Gasteiger partial charge on any atom is 0.248 e. The molecule has 1 aromatic carbocycles. The van der Waals surface area contributed by atoms with E-state index in [0.29, 0.717) is 32.6 Å². The largest absolute Gasteiger partial charge is 0.375 e. The van der Waals surface area contributed by atoms with Crippen molar-refractivity contribution in [1.82, 2.24) is 14.8 Å². The van der Waals surface area contributed by atoms with Gasteiger partial charge in [0.2, 0.25) is 11.8 Å². The minimum atomic E-state index is -0.303. The third-order valence-electron chi connectivity index (χ3n) is 5.12. The number of hydrogen-bond acceptors (Lipinski definition) is 4. The number of benzene rings is 1. The minimum absolute atomic E-state index is 0.0266. The van der Waals surface area contributed by atoms with Gasteiger partial charge in [0.15, 0.2) is 0 Å². The highest BCUT2D eigenvalue weighted by Crippen LogP contribution is 2.23.